The van der Waals surface area contributed by atoms with E-state index in [4.69, 9.17) is 0 Å². The van der Waals surface area contributed by atoms with E-state index in [1.807, 2.05) is 4.57 Å². The van der Waals surface area contributed by atoms with Gasteiger partial charge in [-0.15, -0.1) is 0 Å². The number of carbonyl (C=O) groups is 2. The van der Waals surface area contributed by atoms with Gasteiger partial charge < -0.3 is 9.47 Å². The van der Waals surface area contributed by atoms with Gasteiger partial charge in [-0.05, 0) is 0 Å². The Balaban J connectivity index is 2.33. The maximum Gasteiger partial charge on any atom is 0.210 e. The molecule has 2 rings (SSSR count). The molecule has 74 valence electrons. The van der Waals surface area contributed by atoms with E-state index in [0.717, 1.165) is 12.2 Å². The molecule has 0 aromatic carbocycles. The Labute approximate surface area is 81.3 Å². The molecular formula is C9H11N3O2. The summed E-state index contributed by atoms with van der Waals surface area (Å²) in [6, 6.07) is 0. The van der Waals surface area contributed by atoms with Crippen LogP contribution in [0.1, 0.15) is 23.2 Å². The number of rotatable bonds is 2. The van der Waals surface area contributed by atoms with E-state index >= 15 is 0 Å². The number of aromatic nitrogens is 2. The molecule has 1 aromatic rings. The van der Waals surface area contributed by atoms with E-state index in [2.05, 4.69) is 4.98 Å². The molecule has 0 radical (unpaired) electrons. The van der Waals surface area contributed by atoms with Crippen LogP contribution in [0.3, 0.4) is 0 Å². The number of imidazole rings is 1. The Morgan fingerprint density at radius 2 is 2.36 bits per heavy atom. The fourth-order valence-electron chi connectivity index (χ4n) is 1.65. The first-order chi connectivity index (χ1) is 6.72. The van der Waals surface area contributed by atoms with Gasteiger partial charge in [0.1, 0.15) is 11.5 Å². The summed E-state index contributed by atoms with van der Waals surface area (Å²) in [4.78, 5) is 27.5. The summed E-state index contributed by atoms with van der Waals surface area (Å²) in [5.41, 5.74) is 0.630. The first-order valence-electron chi connectivity index (χ1n) is 4.47. The molecule has 0 unspecified atom stereocenters. The number of carbonyl (C=O) groups excluding carboxylic acids is 2. The van der Waals surface area contributed by atoms with Crippen LogP contribution in [0.4, 0.5) is 0 Å². The Kier molecular flexibility index (Phi) is 2.07. The molecule has 0 bridgehead atoms. The molecule has 5 nitrogen and oxygen atoms in total. The van der Waals surface area contributed by atoms with Crippen LogP contribution in [0, 0.1) is 0 Å². The Morgan fingerprint density at radius 1 is 1.57 bits per heavy atom. The van der Waals surface area contributed by atoms with Gasteiger partial charge in [0.25, 0.3) is 0 Å². The second kappa shape index (κ2) is 3.25. The molecule has 0 fully saturated rings. The van der Waals surface area contributed by atoms with Gasteiger partial charge in [-0.3, -0.25) is 9.59 Å². The topological polar surface area (TPSA) is 55.2 Å². The second-order valence-electron chi connectivity index (χ2n) is 3.34. The minimum absolute atomic E-state index is 0.0169. The number of nitrogens with zero attached hydrogens (tertiary/aromatic N) is 3. The summed E-state index contributed by atoms with van der Waals surface area (Å²) < 4.78 is 1.88. The summed E-state index contributed by atoms with van der Waals surface area (Å²) in [5.74, 6) is 0.803. The highest BCUT2D eigenvalue weighted by Crippen LogP contribution is 2.13. The summed E-state index contributed by atoms with van der Waals surface area (Å²) in [6.07, 6.45) is 2.39. The highest BCUT2D eigenvalue weighted by Gasteiger charge is 2.19. The molecule has 5 heteroatoms. The lowest BCUT2D eigenvalue weighted by Gasteiger charge is -2.24. The maximum atomic E-state index is 11.2. The Hall–Kier alpha value is -1.65. The van der Waals surface area contributed by atoms with Crippen LogP contribution in [0.5, 0.6) is 0 Å². The third kappa shape index (κ3) is 1.30. The van der Waals surface area contributed by atoms with Crippen molar-refractivity contribution in [3.63, 3.8) is 0 Å². The van der Waals surface area contributed by atoms with Crippen molar-refractivity contribution >= 4 is 12.2 Å². The predicted octanol–water partition coefficient (Wildman–Crippen LogP) is 0.0577. The van der Waals surface area contributed by atoms with Gasteiger partial charge in [0.2, 0.25) is 6.41 Å². The molecule has 0 N–H and O–H groups in total. The van der Waals surface area contributed by atoms with Crippen molar-refractivity contribution in [2.75, 3.05) is 6.54 Å². The molecule has 14 heavy (non-hydrogen) atoms. The zero-order valence-electron chi connectivity index (χ0n) is 7.93. The summed E-state index contributed by atoms with van der Waals surface area (Å²) >= 11 is 0. The second-order valence-corrected chi connectivity index (χ2v) is 3.34. The van der Waals surface area contributed by atoms with Crippen molar-refractivity contribution < 1.29 is 9.59 Å². The number of hydrogen-bond donors (Lipinski definition) is 0. The lowest BCUT2D eigenvalue weighted by Crippen LogP contribution is -2.33. The van der Waals surface area contributed by atoms with E-state index in [1.54, 1.807) is 11.1 Å². The van der Waals surface area contributed by atoms with Crippen LogP contribution in [0.15, 0.2) is 6.20 Å². The van der Waals surface area contributed by atoms with Crippen molar-refractivity contribution in [2.45, 2.75) is 20.0 Å². The molecule has 1 aliphatic heterocycles. The lowest BCUT2D eigenvalue weighted by atomic mass is 10.3. The maximum absolute atomic E-state index is 11.2. The summed E-state index contributed by atoms with van der Waals surface area (Å²) in [5, 5.41) is 0. The first-order valence-corrected chi connectivity index (χ1v) is 4.47. The Bertz CT molecular complexity index is 383. The van der Waals surface area contributed by atoms with Crippen LogP contribution in [-0.4, -0.2) is 33.2 Å². The molecule has 1 amide bonds. The van der Waals surface area contributed by atoms with Crippen molar-refractivity contribution in [3.8, 4) is 0 Å². The van der Waals surface area contributed by atoms with Crippen LogP contribution in [0.25, 0.3) is 0 Å². The van der Waals surface area contributed by atoms with Gasteiger partial charge in [-0.2, -0.15) is 0 Å². The molecule has 0 aliphatic carbocycles. The van der Waals surface area contributed by atoms with Crippen molar-refractivity contribution in [3.05, 3.63) is 17.7 Å². The fraction of sp³-hybridized carbons (Fsp3) is 0.444. The van der Waals surface area contributed by atoms with Gasteiger partial charge in [-0.25, -0.2) is 4.98 Å². The van der Waals surface area contributed by atoms with Crippen molar-refractivity contribution in [1.82, 2.24) is 14.5 Å². The molecule has 0 saturated heterocycles. The van der Waals surface area contributed by atoms with Crippen LogP contribution in [-0.2, 0) is 17.9 Å². The van der Waals surface area contributed by atoms with Crippen LogP contribution >= 0.6 is 0 Å². The number of hydrogen-bond acceptors (Lipinski definition) is 3. The summed E-state index contributed by atoms with van der Waals surface area (Å²) in [7, 11) is 0. The summed E-state index contributed by atoms with van der Waals surface area (Å²) in [6.45, 7) is 3.32. The van der Waals surface area contributed by atoms with Crippen LogP contribution in [0.2, 0.25) is 0 Å². The number of fused-ring (bicyclic) bond motifs is 1. The van der Waals surface area contributed by atoms with Crippen molar-refractivity contribution in [2.24, 2.45) is 0 Å². The smallest absolute Gasteiger partial charge is 0.210 e. The first kappa shape index (κ1) is 8.93. The fourth-order valence-corrected chi connectivity index (χ4v) is 1.65. The zero-order valence-corrected chi connectivity index (χ0v) is 7.93. The normalized spacial score (nSPS) is 15.1. The largest absolute Gasteiger partial charge is 0.336 e. The SMILES string of the molecule is CC(=O)c1cnc2n1CCN(C=O)C2. The monoisotopic (exact) mass is 193 g/mol. The van der Waals surface area contributed by atoms with E-state index in [0.29, 0.717) is 25.3 Å². The molecular weight excluding hydrogens is 182 g/mol. The van der Waals surface area contributed by atoms with Gasteiger partial charge in [0, 0.05) is 20.0 Å². The van der Waals surface area contributed by atoms with Crippen molar-refractivity contribution in [1.29, 1.82) is 0 Å². The lowest BCUT2D eigenvalue weighted by molar-refractivity contribution is -0.119. The third-order valence-corrected chi connectivity index (χ3v) is 2.40. The van der Waals surface area contributed by atoms with Gasteiger partial charge in [-0.1, -0.05) is 0 Å². The number of ketones is 1. The minimum Gasteiger partial charge on any atom is -0.336 e. The van der Waals surface area contributed by atoms with E-state index in [9.17, 15) is 9.59 Å². The third-order valence-electron chi connectivity index (χ3n) is 2.40. The highest BCUT2D eigenvalue weighted by molar-refractivity contribution is 5.92. The zero-order chi connectivity index (χ0) is 10.1. The standard InChI is InChI=1S/C9H11N3O2/c1-7(14)8-4-10-9-5-11(6-13)2-3-12(8)9/h4,6H,2-3,5H2,1H3. The van der Waals surface area contributed by atoms with Gasteiger partial charge >= 0.3 is 0 Å². The number of amides is 1. The van der Waals surface area contributed by atoms with Gasteiger partial charge in [0.05, 0.1) is 12.7 Å². The minimum atomic E-state index is 0.0169. The van der Waals surface area contributed by atoms with Gasteiger partial charge in [0.15, 0.2) is 5.78 Å². The molecule has 0 spiro atoms. The molecule has 0 saturated carbocycles. The molecule has 1 aliphatic rings. The molecule has 0 atom stereocenters. The predicted molar refractivity (Wildman–Crippen MR) is 48.7 cm³/mol. The quantitative estimate of drug-likeness (QED) is 0.493. The molecule has 1 aromatic heterocycles. The van der Waals surface area contributed by atoms with E-state index in [-0.39, 0.29) is 5.78 Å². The number of Topliss-reactive ketones (excluding diaryl/α,β-unsaturated/α-hetero) is 1. The average Bonchev–Trinajstić information content (AvgIpc) is 2.59. The molecule has 2 heterocycles. The van der Waals surface area contributed by atoms with Crippen LogP contribution < -0.4 is 0 Å². The highest BCUT2D eigenvalue weighted by atomic mass is 16.1. The Morgan fingerprint density at radius 3 is 3.00 bits per heavy atom. The van der Waals surface area contributed by atoms with E-state index in [1.165, 1.54) is 6.92 Å². The average molecular weight is 193 g/mol. The van der Waals surface area contributed by atoms with E-state index < -0.39 is 0 Å².